The summed E-state index contributed by atoms with van der Waals surface area (Å²) < 4.78 is 25.6. The molecule has 0 heterocycles. The zero-order valence-corrected chi connectivity index (χ0v) is 9.30. The Morgan fingerprint density at radius 1 is 1.35 bits per heavy atom. The van der Waals surface area contributed by atoms with Gasteiger partial charge in [-0.2, -0.15) is 0 Å². The average molecular weight is 240 g/mol. The lowest BCUT2D eigenvalue weighted by Gasteiger charge is -2.13. The van der Waals surface area contributed by atoms with Crippen molar-refractivity contribution >= 4 is 5.91 Å². The SMILES string of the molecule is NCC1(CNC(=O)c2ccc(F)c(F)c2)CC1. The fourth-order valence-electron chi connectivity index (χ4n) is 1.64. The molecule has 17 heavy (non-hydrogen) atoms. The number of nitrogens with two attached hydrogens (primary N) is 1. The molecule has 0 aromatic heterocycles. The molecule has 0 bridgehead atoms. The topological polar surface area (TPSA) is 55.1 Å². The number of amides is 1. The van der Waals surface area contributed by atoms with E-state index < -0.39 is 17.5 Å². The van der Waals surface area contributed by atoms with Gasteiger partial charge in [0, 0.05) is 17.5 Å². The Bertz CT molecular complexity index is 444. The van der Waals surface area contributed by atoms with E-state index in [1.54, 1.807) is 0 Å². The molecule has 1 aromatic rings. The first-order valence-electron chi connectivity index (χ1n) is 5.50. The van der Waals surface area contributed by atoms with Crippen LogP contribution >= 0.6 is 0 Å². The van der Waals surface area contributed by atoms with Crippen molar-refractivity contribution in [2.45, 2.75) is 12.8 Å². The number of rotatable bonds is 4. The Balaban J connectivity index is 1.97. The molecule has 92 valence electrons. The molecule has 0 saturated heterocycles. The zero-order valence-electron chi connectivity index (χ0n) is 9.30. The summed E-state index contributed by atoms with van der Waals surface area (Å²) in [5.41, 5.74) is 5.72. The Labute approximate surface area is 98.0 Å². The summed E-state index contributed by atoms with van der Waals surface area (Å²) in [5, 5.41) is 2.69. The maximum absolute atomic E-state index is 12.9. The molecule has 0 spiro atoms. The highest BCUT2D eigenvalue weighted by atomic mass is 19.2. The minimum Gasteiger partial charge on any atom is -0.351 e. The second kappa shape index (κ2) is 4.41. The molecule has 0 atom stereocenters. The molecule has 5 heteroatoms. The van der Waals surface area contributed by atoms with Gasteiger partial charge < -0.3 is 11.1 Å². The van der Waals surface area contributed by atoms with E-state index in [2.05, 4.69) is 5.32 Å². The van der Waals surface area contributed by atoms with Gasteiger partial charge in [-0.25, -0.2) is 8.78 Å². The van der Waals surface area contributed by atoms with E-state index in [1.165, 1.54) is 6.07 Å². The fraction of sp³-hybridized carbons (Fsp3) is 0.417. The van der Waals surface area contributed by atoms with Crippen LogP contribution in [0.1, 0.15) is 23.2 Å². The normalized spacial score (nSPS) is 16.6. The summed E-state index contributed by atoms with van der Waals surface area (Å²) in [6.07, 6.45) is 2.00. The minimum atomic E-state index is -1.02. The van der Waals surface area contributed by atoms with E-state index in [0.29, 0.717) is 13.1 Å². The van der Waals surface area contributed by atoms with E-state index in [0.717, 1.165) is 25.0 Å². The molecular formula is C12H14F2N2O. The molecular weight excluding hydrogens is 226 g/mol. The van der Waals surface area contributed by atoms with E-state index in [1.807, 2.05) is 0 Å². The van der Waals surface area contributed by atoms with Gasteiger partial charge in [-0.05, 0) is 37.6 Å². The van der Waals surface area contributed by atoms with Crippen molar-refractivity contribution in [2.75, 3.05) is 13.1 Å². The van der Waals surface area contributed by atoms with Crippen LogP contribution < -0.4 is 11.1 Å². The Morgan fingerprint density at radius 2 is 2.06 bits per heavy atom. The average Bonchev–Trinajstić information content (AvgIpc) is 3.10. The van der Waals surface area contributed by atoms with E-state index in [-0.39, 0.29) is 11.0 Å². The maximum atomic E-state index is 12.9. The third-order valence-electron chi connectivity index (χ3n) is 3.20. The summed E-state index contributed by atoms with van der Waals surface area (Å²) in [5.74, 6) is -2.37. The first-order chi connectivity index (χ1) is 8.06. The Morgan fingerprint density at radius 3 is 2.59 bits per heavy atom. The largest absolute Gasteiger partial charge is 0.351 e. The summed E-state index contributed by atoms with van der Waals surface area (Å²) in [6.45, 7) is 1.02. The highest BCUT2D eigenvalue weighted by Crippen LogP contribution is 2.43. The second-order valence-corrected chi connectivity index (χ2v) is 4.52. The van der Waals surface area contributed by atoms with Gasteiger partial charge in [0.2, 0.25) is 0 Å². The number of hydrogen-bond acceptors (Lipinski definition) is 2. The van der Waals surface area contributed by atoms with Crippen LogP contribution in [0.5, 0.6) is 0 Å². The predicted molar refractivity (Wildman–Crippen MR) is 59.4 cm³/mol. The number of carbonyl (C=O) groups is 1. The molecule has 0 unspecified atom stereocenters. The molecule has 0 aliphatic heterocycles. The summed E-state index contributed by atoms with van der Waals surface area (Å²) in [6, 6.07) is 3.10. The van der Waals surface area contributed by atoms with Gasteiger partial charge in [0.1, 0.15) is 0 Å². The third kappa shape index (κ3) is 2.61. The zero-order chi connectivity index (χ0) is 12.5. The van der Waals surface area contributed by atoms with Crippen LogP contribution in [0.4, 0.5) is 8.78 Å². The maximum Gasteiger partial charge on any atom is 0.251 e. The highest BCUT2D eigenvalue weighted by Gasteiger charge is 2.41. The molecule has 1 saturated carbocycles. The van der Waals surface area contributed by atoms with Gasteiger partial charge in [0.25, 0.3) is 5.91 Å². The van der Waals surface area contributed by atoms with E-state index in [9.17, 15) is 13.6 Å². The van der Waals surface area contributed by atoms with Crippen molar-refractivity contribution in [1.82, 2.24) is 5.32 Å². The van der Waals surface area contributed by atoms with Crippen LogP contribution in [0.2, 0.25) is 0 Å². The number of halogens is 2. The van der Waals surface area contributed by atoms with Gasteiger partial charge in [-0.1, -0.05) is 0 Å². The first-order valence-corrected chi connectivity index (χ1v) is 5.50. The molecule has 1 aliphatic rings. The van der Waals surface area contributed by atoms with Crippen molar-refractivity contribution in [2.24, 2.45) is 11.1 Å². The van der Waals surface area contributed by atoms with Crippen molar-refractivity contribution in [3.05, 3.63) is 35.4 Å². The number of nitrogens with one attached hydrogen (secondary N) is 1. The molecule has 1 aliphatic carbocycles. The predicted octanol–water partition coefficient (Wildman–Crippen LogP) is 1.43. The lowest BCUT2D eigenvalue weighted by atomic mass is 10.1. The van der Waals surface area contributed by atoms with Crippen molar-refractivity contribution in [3.63, 3.8) is 0 Å². The number of benzene rings is 1. The molecule has 0 radical (unpaired) electrons. The van der Waals surface area contributed by atoms with E-state index in [4.69, 9.17) is 5.73 Å². The smallest absolute Gasteiger partial charge is 0.251 e. The quantitative estimate of drug-likeness (QED) is 0.836. The molecule has 1 aromatic carbocycles. The van der Waals surface area contributed by atoms with Gasteiger partial charge in [0.05, 0.1) is 0 Å². The monoisotopic (exact) mass is 240 g/mol. The lowest BCUT2D eigenvalue weighted by Crippen LogP contribution is -2.33. The minimum absolute atomic E-state index is 0.0221. The molecule has 3 nitrogen and oxygen atoms in total. The number of hydrogen-bond donors (Lipinski definition) is 2. The van der Waals surface area contributed by atoms with Crippen LogP contribution in [0.3, 0.4) is 0 Å². The van der Waals surface area contributed by atoms with Gasteiger partial charge in [0.15, 0.2) is 11.6 Å². The second-order valence-electron chi connectivity index (χ2n) is 4.52. The molecule has 3 N–H and O–H groups in total. The van der Waals surface area contributed by atoms with Crippen LogP contribution in [-0.2, 0) is 0 Å². The van der Waals surface area contributed by atoms with Crippen LogP contribution in [0.15, 0.2) is 18.2 Å². The lowest BCUT2D eigenvalue weighted by molar-refractivity contribution is 0.0945. The van der Waals surface area contributed by atoms with E-state index >= 15 is 0 Å². The summed E-state index contributed by atoms with van der Waals surface area (Å²) in [4.78, 5) is 11.7. The Kier molecular flexibility index (Phi) is 3.11. The molecule has 2 rings (SSSR count). The van der Waals surface area contributed by atoms with Crippen molar-refractivity contribution < 1.29 is 13.6 Å². The highest BCUT2D eigenvalue weighted by molar-refractivity contribution is 5.94. The third-order valence-corrected chi connectivity index (χ3v) is 3.20. The van der Waals surface area contributed by atoms with Crippen LogP contribution in [0.25, 0.3) is 0 Å². The van der Waals surface area contributed by atoms with Crippen LogP contribution in [-0.4, -0.2) is 19.0 Å². The molecule has 1 fully saturated rings. The van der Waals surface area contributed by atoms with Gasteiger partial charge >= 0.3 is 0 Å². The Hall–Kier alpha value is -1.49. The van der Waals surface area contributed by atoms with Crippen LogP contribution in [0, 0.1) is 17.0 Å². The summed E-state index contributed by atoms with van der Waals surface area (Å²) in [7, 11) is 0. The summed E-state index contributed by atoms with van der Waals surface area (Å²) >= 11 is 0. The van der Waals surface area contributed by atoms with Crippen molar-refractivity contribution in [3.8, 4) is 0 Å². The van der Waals surface area contributed by atoms with Gasteiger partial charge in [-0.15, -0.1) is 0 Å². The fourth-order valence-corrected chi connectivity index (χ4v) is 1.64. The van der Waals surface area contributed by atoms with Crippen molar-refractivity contribution in [1.29, 1.82) is 0 Å². The standard InChI is InChI=1S/C12H14F2N2O/c13-9-2-1-8(5-10(9)14)11(17)16-7-12(6-15)3-4-12/h1-2,5H,3-4,6-7,15H2,(H,16,17). The first kappa shape index (κ1) is 12.0. The molecule has 1 amide bonds. The van der Waals surface area contributed by atoms with Gasteiger partial charge in [-0.3, -0.25) is 4.79 Å². The number of carbonyl (C=O) groups excluding carboxylic acids is 1.